The molecule has 5 rings (SSSR count). The van der Waals surface area contributed by atoms with E-state index in [0.29, 0.717) is 17.9 Å². The van der Waals surface area contributed by atoms with Crippen LogP contribution in [0.4, 0.5) is 5.82 Å². The molecule has 0 bridgehead atoms. The molecule has 1 atom stereocenters. The first-order chi connectivity index (χ1) is 17.1. The average Bonchev–Trinajstić information content (AvgIpc) is 3.64. The third-order valence-corrected chi connectivity index (χ3v) is 6.56. The number of benzene rings is 1. The summed E-state index contributed by atoms with van der Waals surface area (Å²) in [7, 11) is 3.24. The van der Waals surface area contributed by atoms with E-state index in [1.807, 2.05) is 24.4 Å². The smallest absolute Gasteiger partial charge is 0.251 e. The fourth-order valence-corrected chi connectivity index (χ4v) is 4.33. The molecule has 8 heteroatoms. The van der Waals surface area contributed by atoms with Crippen LogP contribution in [0, 0.1) is 5.92 Å². The number of hydrogen-bond donors (Lipinski definition) is 2. The number of carbonyl (C=O) groups excluding carboxylic acids is 1. The molecule has 35 heavy (non-hydrogen) atoms. The molecule has 4 aromatic rings. The monoisotopic (exact) mass is 470 g/mol. The first kappa shape index (κ1) is 22.8. The molecule has 180 valence electrons. The van der Waals surface area contributed by atoms with Crippen molar-refractivity contribution in [2.24, 2.45) is 5.92 Å². The average molecular weight is 471 g/mol. The van der Waals surface area contributed by atoms with Gasteiger partial charge in [-0.3, -0.25) is 4.79 Å². The lowest BCUT2D eigenvalue weighted by Crippen LogP contribution is -2.18. The second kappa shape index (κ2) is 9.74. The topological polar surface area (TPSA) is 94.0 Å². The Bertz CT molecular complexity index is 1360. The van der Waals surface area contributed by atoms with Crippen molar-refractivity contribution in [3.05, 3.63) is 66.2 Å². The van der Waals surface area contributed by atoms with Crippen LogP contribution in [0.25, 0.3) is 22.3 Å². The normalized spacial score (nSPS) is 14.0. The zero-order chi connectivity index (χ0) is 24.4. The molecule has 0 saturated heterocycles. The highest BCUT2D eigenvalue weighted by molar-refractivity contribution is 5.94. The first-order valence-electron chi connectivity index (χ1n) is 12.0. The van der Waals surface area contributed by atoms with Gasteiger partial charge in [0.15, 0.2) is 0 Å². The number of hydrogen-bond acceptors (Lipinski definition) is 6. The van der Waals surface area contributed by atoms with Crippen LogP contribution >= 0.6 is 0 Å². The second-order valence-electron chi connectivity index (χ2n) is 9.15. The number of anilines is 1. The standard InChI is InChI=1S/C27H30N6O2/c1-17(22-7-6-20(27(34)28-2)11-24(22)35-3)13-29-25-12-23(31-16-32-25)21-10-19-8-9-33(15-18-4-5-18)26(19)30-14-21/h6-12,14,16-18H,4-5,13,15H2,1-3H3,(H,28,34)(H,29,31,32)/t17-/m1/s1. The number of nitrogens with zero attached hydrogens (tertiary/aromatic N) is 4. The highest BCUT2D eigenvalue weighted by Gasteiger charge is 2.22. The SMILES string of the molecule is CNC(=O)c1ccc([C@H](C)CNc2cc(-c3cnc4c(ccn4CC4CC4)c3)ncn2)c(OC)c1. The Kier molecular flexibility index (Phi) is 6.35. The molecule has 0 aliphatic heterocycles. The third kappa shape index (κ3) is 4.96. The van der Waals surface area contributed by atoms with Gasteiger partial charge >= 0.3 is 0 Å². The maximum Gasteiger partial charge on any atom is 0.251 e. The van der Waals surface area contributed by atoms with Gasteiger partial charge in [-0.05, 0) is 48.6 Å². The molecule has 1 saturated carbocycles. The van der Waals surface area contributed by atoms with Crippen molar-refractivity contribution in [3.63, 3.8) is 0 Å². The fourth-order valence-electron chi connectivity index (χ4n) is 4.33. The summed E-state index contributed by atoms with van der Waals surface area (Å²) < 4.78 is 7.80. The molecule has 0 unspecified atom stereocenters. The van der Waals surface area contributed by atoms with Crippen molar-refractivity contribution in [2.45, 2.75) is 32.2 Å². The van der Waals surface area contributed by atoms with Gasteiger partial charge in [0.05, 0.1) is 12.8 Å². The Balaban J connectivity index is 1.29. The lowest BCUT2D eigenvalue weighted by atomic mass is 9.98. The van der Waals surface area contributed by atoms with Gasteiger partial charge in [-0.1, -0.05) is 13.0 Å². The zero-order valence-electron chi connectivity index (χ0n) is 20.3. The number of aromatic nitrogens is 4. The van der Waals surface area contributed by atoms with E-state index in [0.717, 1.165) is 46.1 Å². The minimum atomic E-state index is -0.138. The van der Waals surface area contributed by atoms with Crippen molar-refractivity contribution >= 4 is 22.8 Å². The number of carbonyl (C=O) groups is 1. The predicted molar refractivity (Wildman–Crippen MR) is 137 cm³/mol. The van der Waals surface area contributed by atoms with E-state index in [-0.39, 0.29) is 11.8 Å². The Labute approximate surface area is 204 Å². The Morgan fingerprint density at radius 1 is 1.17 bits per heavy atom. The number of nitrogens with one attached hydrogen (secondary N) is 2. The Morgan fingerprint density at radius 2 is 2.03 bits per heavy atom. The Morgan fingerprint density at radius 3 is 2.80 bits per heavy atom. The summed E-state index contributed by atoms with van der Waals surface area (Å²) in [5.41, 5.74) is 4.41. The summed E-state index contributed by atoms with van der Waals surface area (Å²) in [4.78, 5) is 25.5. The van der Waals surface area contributed by atoms with E-state index in [4.69, 9.17) is 9.72 Å². The maximum absolute atomic E-state index is 11.9. The van der Waals surface area contributed by atoms with Crippen LogP contribution in [-0.4, -0.2) is 46.1 Å². The van der Waals surface area contributed by atoms with Crippen LogP contribution in [0.3, 0.4) is 0 Å². The van der Waals surface area contributed by atoms with E-state index in [1.54, 1.807) is 26.6 Å². The molecule has 8 nitrogen and oxygen atoms in total. The van der Waals surface area contributed by atoms with E-state index in [9.17, 15) is 4.79 Å². The predicted octanol–water partition coefficient (Wildman–Crippen LogP) is 4.49. The van der Waals surface area contributed by atoms with Crippen molar-refractivity contribution < 1.29 is 9.53 Å². The van der Waals surface area contributed by atoms with Crippen LogP contribution in [0.1, 0.15) is 41.6 Å². The highest BCUT2D eigenvalue weighted by atomic mass is 16.5. The number of pyridine rings is 1. The van der Waals surface area contributed by atoms with Gasteiger partial charge in [0.2, 0.25) is 0 Å². The summed E-state index contributed by atoms with van der Waals surface area (Å²) in [5, 5.41) is 7.18. The summed E-state index contributed by atoms with van der Waals surface area (Å²) in [6.45, 7) is 3.80. The molecule has 0 spiro atoms. The molecule has 0 radical (unpaired) electrons. The summed E-state index contributed by atoms with van der Waals surface area (Å²) in [5.74, 6) is 2.23. The molecule has 1 aliphatic rings. The lowest BCUT2D eigenvalue weighted by molar-refractivity contribution is 0.0962. The van der Waals surface area contributed by atoms with Gasteiger partial charge in [-0.2, -0.15) is 0 Å². The quantitative estimate of drug-likeness (QED) is 0.374. The van der Waals surface area contributed by atoms with Gasteiger partial charge in [0.25, 0.3) is 5.91 Å². The van der Waals surface area contributed by atoms with Gasteiger partial charge < -0.3 is 19.9 Å². The molecule has 2 N–H and O–H groups in total. The van der Waals surface area contributed by atoms with Crippen molar-refractivity contribution in [1.82, 2.24) is 24.8 Å². The second-order valence-corrected chi connectivity index (χ2v) is 9.15. The van der Waals surface area contributed by atoms with Crippen LogP contribution < -0.4 is 15.4 Å². The van der Waals surface area contributed by atoms with Crippen LogP contribution in [0.5, 0.6) is 5.75 Å². The Hall–Kier alpha value is -3.94. The van der Waals surface area contributed by atoms with Crippen LogP contribution in [0.15, 0.2) is 55.1 Å². The zero-order valence-corrected chi connectivity index (χ0v) is 20.3. The van der Waals surface area contributed by atoms with Gasteiger partial charge in [-0.25, -0.2) is 15.0 Å². The number of methoxy groups -OCH3 is 1. The van der Waals surface area contributed by atoms with Crippen molar-refractivity contribution in [1.29, 1.82) is 0 Å². The number of fused-ring (bicyclic) bond motifs is 1. The summed E-state index contributed by atoms with van der Waals surface area (Å²) >= 11 is 0. The molecule has 1 fully saturated rings. The van der Waals surface area contributed by atoms with Gasteiger partial charge in [0, 0.05) is 61.0 Å². The summed E-state index contributed by atoms with van der Waals surface area (Å²) in [6.07, 6.45) is 8.23. The number of rotatable bonds is 9. The van der Waals surface area contributed by atoms with E-state index in [1.165, 1.54) is 12.8 Å². The molecule has 1 amide bonds. The largest absolute Gasteiger partial charge is 0.496 e. The van der Waals surface area contributed by atoms with Gasteiger partial charge in [0.1, 0.15) is 23.5 Å². The lowest BCUT2D eigenvalue weighted by Gasteiger charge is -2.17. The van der Waals surface area contributed by atoms with Crippen molar-refractivity contribution in [2.75, 3.05) is 26.0 Å². The highest BCUT2D eigenvalue weighted by Crippen LogP contribution is 2.32. The van der Waals surface area contributed by atoms with Crippen LogP contribution in [0.2, 0.25) is 0 Å². The third-order valence-electron chi connectivity index (χ3n) is 6.56. The fraction of sp³-hybridized carbons (Fsp3) is 0.333. The minimum Gasteiger partial charge on any atom is -0.496 e. The van der Waals surface area contributed by atoms with E-state index < -0.39 is 0 Å². The molecule has 3 heterocycles. The molecular formula is C27H30N6O2. The minimum absolute atomic E-state index is 0.131. The van der Waals surface area contributed by atoms with Crippen LogP contribution in [-0.2, 0) is 6.54 Å². The van der Waals surface area contributed by atoms with E-state index in [2.05, 4.69) is 50.4 Å². The molecule has 1 aliphatic carbocycles. The molecule has 1 aromatic carbocycles. The number of ether oxygens (including phenoxy) is 1. The van der Waals surface area contributed by atoms with Crippen molar-refractivity contribution in [3.8, 4) is 17.0 Å². The first-order valence-corrected chi connectivity index (χ1v) is 12.0. The summed E-state index contributed by atoms with van der Waals surface area (Å²) in [6, 6.07) is 11.7. The maximum atomic E-state index is 11.9. The molecule has 3 aromatic heterocycles. The van der Waals surface area contributed by atoms with Gasteiger partial charge in [-0.15, -0.1) is 0 Å². The molecular weight excluding hydrogens is 440 g/mol. The van der Waals surface area contributed by atoms with E-state index >= 15 is 0 Å². The number of amides is 1.